The highest BCUT2D eigenvalue weighted by Gasteiger charge is 2.24. The van der Waals surface area contributed by atoms with E-state index in [1.807, 2.05) is 6.07 Å². The van der Waals surface area contributed by atoms with Gasteiger partial charge < -0.3 is 10.0 Å². The Kier molecular flexibility index (Phi) is 4.27. The first-order chi connectivity index (χ1) is 7.42. The van der Waals surface area contributed by atoms with Crippen LogP contribution in [-0.2, 0) is 4.79 Å². The summed E-state index contributed by atoms with van der Waals surface area (Å²) in [5.74, 6) is -0.0922. The molecule has 1 aliphatic rings. The largest absolute Gasteiger partial charge is 0.389 e. The lowest BCUT2D eigenvalue weighted by Gasteiger charge is -2.37. The van der Waals surface area contributed by atoms with Crippen molar-refractivity contribution >= 4 is 5.91 Å². The van der Waals surface area contributed by atoms with Crippen molar-refractivity contribution in [3.8, 4) is 6.07 Å². The Balaban J connectivity index is 2.34. The zero-order chi connectivity index (χ0) is 12.2. The Labute approximate surface area is 96.3 Å². The molecule has 1 aliphatic heterocycles. The minimum atomic E-state index is -0.696. The average Bonchev–Trinajstić information content (AvgIpc) is 2.16. The number of rotatable bonds is 3. The van der Waals surface area contributed by atoms with E-state index >= 15 is 0 Å². The molecule has 5 nitrogen and oxygen atoms in total. The topological polar surface area (TPSA) is 67.6 Å². The molecule has 1 fully saturated rings. The van der Waals surface area contributed by atoms with Gasteiger partial charge >= 0.3 is 0 Å². The van der Waals surface area contributed by atoms with Gasteiger partial charge in [-0.05, 0) is 13.8 Å². The van der Waals surface area contributed by atoms with Crippen LogP contribution in [0.15, 0.2) is 0 Å². The molecule has 0 saturated carbocycles. The summed E-state index contributed by atoms with van der Waals surface area (Å²) in [4.78, 5) is 15.3. The molecule has 16 heavy (non-hydrogen) atoms. The second-order valence-corrected chi connectivity index (χ2v) is 4.80. The highest BCUT2D eigenvalue weighted by Crippen LogP contribution is 2.09. The molecule has 0 unspecified atom stereocenters. The number of nitriles is 1. The first-order valence-electron chi connectivity index (χ1n) is 5.52. The molecule has 1 amide bonds. The molecule has 1 N–H and O–H groups in total. The van der Waals surface area contributed by atoms with E-state index in [-0.39, 0.29) is 12.3 Å². The Morgan fingerprint density at radius 3 is 2.38 bits per heavy atom. The third kappa shape index (κ3) is 4.17. The summed E-state index contributed by atoms with van der Waals surface area (Å²) in [6.07, 6.45) is -0.0362. The number of aliphatic hydroxyl groups is 1. The molecular formula is C11H19N3O2. The number of β-amino-alcohol motifs (C(OH)–C–C–N with tert-alkyl or cyclic N) is 1. The van der Waals surface area contributed by atoms with E-state index in [1.54, 1.807) is 18.7 Å². The molecule has 1 saturated heterocycles. The normalized spacial score (nSPS) is 18.2. The van der Waals surface area contributed by atoms with E-state index in [0.717, 1.165) is 13.1 Å². The van der Waals surface area contributed by atoms with Crippen LogP contribution in [-0.4, -0.2) is 59.1 Å². The fourth-order valence-corrected chi connectivity index (χ4v) is 1.88. The summed E-state index contributed by atoms with van der Waals surface area (Å²) in [7, 11) is 0. The number of nitrogens with zero attached hydrogens (tertiary/aromatic N) is 3. The summed E-state index contributed by atoms with van der Waals surface area (Å²) in [6.45, 7) is 7.00. The van der Waals surface area contributed by atoms with Crippen molar-refractivity contribution in [2.75, 3.05) is 32.7 Å². The van der Waals surface area contributed by atoms with Gasteiger partial charge in [0.2, 0.25) is 5.91 Å². The van der Waals surface area contributed by atoms with Crippen LogP contribution in [0.1, 0.15) is 20.3 Å². The van der Waals surface area contributed by atoms with Crippen LogP contribution in [0.2, 0.25) is 0 Å². The zero-order valence-corrected chi connectivity index (χ0v) is 9.94. The van der Waals surface area contributed by atoms with Crippen LogP contribution < -0.4 is 0 Å². The molecule has 0 aromatic rings. The summed E-state index contributed by atoms with van der Waals surface area (Å²) in [5.41, 5.74) is -0.696. The molecule has 90 valence electrons. The molecule has 1 heterocycles. The van der Waals surface area contributed by atoms with Gasteiger partial charge in [-0.3, -0.25) is 9.69 Å². The molecule has 0 spiro atoms. The maximum absolute atomic E-state index is 11.4. The van der Waals surface area contributed by atoms with Gasteiger partial charge in [0.15, 0.2) is 0 Å². The van der Waals surface area contributed by atoms with Gasteiger partial charge in [-0.25, -0.2) is 0 Å². The summed E-state index contributed by atoms with van der Waals surface area (Å²) in [5, 5.41) is 18.1. The van der Waals surface area contributed by atoms with Gasteiger partial charge in [-0.15, -0.1) is 0 Å². The minimum Gasteiger partial charge on any atom is -0.389 e. The highest BCUT2D eigenvalue weighted by atomic mass is 16.3. The van der Waals surface area contributed by atoms with Crippen LogP contribution in [0.4, 0.5) is 0 Å². The zero-order valence-electron chi connectivity index (χ0n) is 9.94. The van der Waals surface area contributed by atoms with Crippen molar-refractivity contribution in [2.45, 2.75) is 25.9 Å². The van der Waals surface area contributed by atoms with Crippen LogP contribution >= 0.6 is 0 Å². The number of piperazine rings is 1. The third-order valence-corrected chi connectivity index (χ3v) is 2.57. The molecule has 0 aliphatic carbocycles. The standard InChI is InChI=1S/C11H19N3O2/c1-11(2,16)9-13-5-7-14(8-6-13)10(15)3-4-12/h16H,3,5-9H2,1-2H3. The number of hydrogen-bond acceptors (Lipinski definition) is 4. The number of carbonyl (C=O) groups excluding carboxylic acids is 1. The van der Waals surface area contributed by atoms with Gasteiger partial charge in [0, 0.05) is 32.7 Å². The van der Waals surface area contributed by atoms with E-state index in [9.17, 15) is 9.90 Å². The summed E-state index contributed by atoms with van der Waals surface area (Å²) in [6, 6.07) is 1.87. The summed E-state index contributed by atoms with van der Waals surface area (Å²) < 4.78 is 0. The monoisotopic (exact) mass is 225 g/mol. The Bertz CT molecular complexity index is 283. The van der Waals surface area contributed by atoms with Crippen molar-refractivity contribution in [1.29, 1.82) is 5.26 Å². The van der Waals surface area contributed by atoms with Gasteiger partial charge in [0.05, 0.1) is 11.7 Å². The van der Waals surface area contributed by atoms with Gasteiger partial charge in [-0.1, -0.05) is 0 Å². The lowest BCUT2D eigenvalue weighted by molar-refractivity contribution is -0.132. The molecule has 5 heteroatoms. The third-order valence-electron chi connectivity index (χ3n) is 2.57. The SMILES string of the molecule is CC(C)(O)CN1CCN(C(=O)CC#N)CC1. The lowest BCUT2D eigenvalue weighted by atomic mass is 10.1. The van der Waals surface area contributed by atoms with Crippen LogP contribution in [0.25, 0.3) is 0 Å². The van der Waals surface area contributed by atoms with E-state index in [0.29, 0.717) is 19.6 Å². The molecule has 1 rings (SSSR count). The van der Waals surface area contributed by atoms with Crippen molar-refractivity contribution in [3.05, 3.63) is 0 Å². The second kappa shape index (κ2) is 5.28. The van der Waals surface area contributed by atoms with Crippen LogP contribution in [0.5, 0.6) is 0 Å². The van der Waals surface area contributed by atoms with Gasteiger partial charge in [-0.2, -0.15) is 5.26 Å². The highest BCUT2D eigenvalue weighted by molar-refractivity contribution is 5.78. The lowest BCUT2D eigenvalue weighted by Crippen LogP contribution is -2.51. The van der Waals surface area contributed by atoms with E-state index in [2.05, 4.69) is 4.90 Å². The van der Waals surface area contributed by atoms with E-state index < -0.39 is 5.60 Å². The van der Waals surface area contributed by atoms with Gasteiger partial charge in [0.1, 0.15) is 6.42 Å². The van der Waals surface area contributed by atoms with Crippen LogP contribution in [0.3, 0.4) is 0 Å². The van der Waals surface area contributed by atoms with Crippen LogP contribution in [0, 0.1) is 11.3 Å². The van der Waals surface area contributed by atoms with Crippen molar-refractivity contribution in [3.63, 3.8) is 0 Å². The first kappa shape index (κ1) is 12.9. The maximum Gasteiger partial charge on any atom is 0.236 e. The van der Waals surface area contributed by atoms with Crippen molar-refractivity contribution < 1.29 is 9.90 Å². The molecule has 0 radical (unpaired) electrons. The predicted molar refractivity (Wildman–Crippen MR) is 59.5 cm³/mol. The fraction of sp³-hybridized carbons (Fsp3) is 0.818. The van der Waals surface area contributed by atoms with Crippen molar-refractivity contribution in [2.24, 2.45) is 0 Å². The molecular weight excluding hydrogens is 206 g/mol. The number of carbonyl (C=O) groups is 1. The molecule has 0 aromatic carbocycles. The average molecular weight is 225 g/mol. The Morgan fingerprint density at radius 1 is 1.38 bits per heavy atom. The molecule has 0 aromatic heterocycles. The van der Waals surface area contributed by atoms with Gasteiger partial charge in [0.25, 0.3) is 0 Å². The fourth-order valence-electron chi connectivity index (χ4n) is 1.88. The number of hydrogen-bond donors (Lipinski definition) is 1. The molecule has 0 atom stereocenters. The predicted octanol–water partition coefficient (Wildman–Crippen LogP) is -0.185. The Morgan fingerprint density at radius 2 is 1.94 bits per heavy atom. The summed E-state index contributed by atoms with van der Waals surface area (Å²) >= 11 is 0. The Hall–Kier alpha value is -1.12. The second-order valence-electron chi connectivity index (χ2n) is 4.80. The minimum absolute atomic E-state index is 0.0362. The maximum atomic E-state index is 11.4. The molecule has 0 bridgehead atoms. The smallest absolute Gasteiger partial charge is 0.236 e. The van der Waals surface area contributed by atoms with E-state index in [1.165, 1.54) is 0 Å². The van der Waals surface area contributed by atoms with Crippen molar-refractivity contribution in [1.82, 2.24) is 9.80 Å². The first-order valence-corrected chi connectivity index (χ1v) is 5.52. The number of amides is 1. The quantitative estimate of drug-likeness (QED) is 0.723. The van der Waals surface area contributed by atoms with E-state index in [4.69, 9.17) is 5.26 Å².